The van der Waals surface area contributed by atoms with Crippen molar-refractivity contribution in [2.24, 2.45) is 5.73 Å². The molecule has 0 saturated carbocycles. The summed E-state index contributed by atoms with van der Waals surface area (Å²) in [4.78, 5) is 2.27. The molecule has 0 spiro atoms. The average molecular weight is 168 g/mol. The molecule has 1 rings (SSSR count). The molecular weight excluding hydrogens is 156 g/mol. The van der Waals surface area contributed by atoms with Crippen molar-refractivity contribution in [3.05, 3.63) is 28.0 Å². The van der Waals surface area contributed by atoms with Gasteiger partial charge >= 0.3 is 0 Å². The minimum absolute atomic E-state index is 0. The maximum atomic E-state index is 6.81. The van der Waals surface area contributed by atoms with E-state index in [4.69, 9.17) is 11.1 Å². The predicted octanol–water partition coefficient (Wildman–Crippen LogP) is 2.25. The third-order valence-electron chi connectivity index (χ3n) is 1.29. The van der Waals surface area contributed by atoms with Gasteiger partial charge in [-0.15, -0.1) is 11.3 Å². The van der Waals surface area contributed by atoms with E-state index in [9.17, 15) is 0 Å². The summed E-state index contributed by atoms with van der Waals surface area (Å²) in [7, 11) is 0. The van der Waals surface area contributed by atoms with Crippen molar-refractivity contribution in [3.8, 4) is 0 Å². The summed E-state index contributed by atoms with van der Waals surface area (Å²) >= 11 is 1.64. The van der Waals surface area contributed by atoms with Gasteiger partial charge in [0.2, 0.25) is 0 Å². The van der Waals surface area contributed by atoms with Gasteiger partial charge in [-0.1, -0.05) is 0 Å². The predicted molar refractivity (Wildman–Crippen MR) is 52.1 cm³/mol. The monoisotopic (exact) mass is 168 g/mol. The van der Waals surface area contributed by atoms with Crippen molar-refractivity contribution < 1.29 is 1.43 Å². The molecule has 0 saturated heterocycles. The minimum Gasteiger partial charge on any atom is -0.398 e. The molecule has 0 aliphatic heterocycles. The van der Waals surface area contributed by atoms with Crippen LogP contribution in [0.15, 0.2) is 18.2 Å². The number of nitrogens with one attached hydrogen (secondary N) is 1. The Kier molecular flexibility index (Phi) is 2.44. The lowest BCUT2D eigenvalue weighted by Gasteiger charge is -1.91. The van der Waals surface area contributed by atoms with E-state index in [0.717, 1.165) is 4.88 Å². The molecular formula is C8H12N2S. The van der Waals surface area contributed by atoms with Gasteiger partial charge in [-0.05, 0) is 25.1 Å². The third kappa shape index (κ3) is 1.91. The molecule has 1 heterocycles. The van der Waals surface area contributed by atoms with Gasteiger partial charge in [0.05, 0.1) is 10.6 Å². The largest absolute Gasteiger partial charge is 0.398 e. The van der Waals surface area contributed by atoms with Crippen molar-refractivity contribution >= 4 is 23.2 Å². The van der Waals surface area contributed by atoms with Crippen molar-refractivity contribution in [2.75, 3.05) is 0 Å². The number of nitrogens with two attached hydrogens (primary N) is 1. The van der Waals surface area contributed by atoms with Gasteiger partial charge < -0.3 is 11.1 Å². The highest BCUT2D eigenvalue weighted by Crippen LogP contribution is 2.19. The highest BCUT2D eigenvalue weighted by Gasteiger charge is 1.97. The van der Waals surface area contributed by atoms with Crippen LogP contribution in [0.5, 0.6) is 0 Å². The molecule has 0 aliphatic carbocycles. The number of rotatable bonds is 2. The first-order chi connectivity index (χ1) is 5.24. The summed E-state index contributed by atoms with van der Waals surface area (Å²) in [5.41, 5.74) is 6.30. The summed E-state index contributed by atoms with van der Waals surface area (Å²) in [6.45, 7) is 2.03. The van der Waals surface area contributed by atoms with Crippen LogP contribution >= 0.6 is 11.3 Å². The summed E-state index contributed by atoms with van der Waals surface area (Å²) in [6, 6.07) is 3.99. The van der Waals surface area contributed by atoms with Crippen molar-refractivity contribution in [2.45, 2.75) is 6.92 Å². The van der Waals surface area contributed by atoms with Crippen molar-refractivity contribution in [3.63, 3.8) is 0 Å². The summed E-state index contributed by atoms with van der Waals surface area (Å²) in [5.74, 6) is 0. The molecule has 60 valence electrons. The number of thiophene rings is 1. The summed E-state index contributed by atoms with van der Waals surface area (Å²) < 4.78 is 0. The normalized spacial score (nSPS) is 11.5. The Labute approximate surface area is 71.4 Å². The van der Waals surface area contributed by atoms with E-state index in [0.29, 0.717) is 5.70 Å². The molecule has 2 nitrogen and oxygen atoms in total. The lowest BCUT2D eigenvalue weighted by atomic mass is 10.3. The molecule has 0 aliphatic rings. The SMILES string of the molecule is Cc1ccc(/C(N)=C/C=N)s1.[HH]. The van der Waals surface area contributed by atoms with Crippen LogP contribution in [0.4, 0.5) is 0 Å². The first-order valence-corrected chi connectivity index (χ1v) is 4.08. The Bertz CT molecular complexity index is 291. The van der Waals surface area contributed by atoms with Crippen LogP contribution in [0.25, 0.3) is 5.70 Å². The van der Waals surface area contributed by atoms with E-state index in [-0.39, 0.29) is 1.43 Å². The first-order valence-electron chi connectivity index (χ1n) is 3.27. The number of aryl methyl sites for hydroxylation is 1. The van der Waals surface area contributed by atoms with Crippen LogP contribution in [-0.2, 0) is 0 Å². The lowest BCUT2D eigenvalue weighted by Crippen LogP contribution is -1.92. The molecule has 0 radical (unpaired) electrons. The second-order valence-electron chi connectivity index (χ2n) is 2.20. The molecule has 0 atom stereocenters. The molecule has 0 fully saturated rings. The van der Waals surface area contributed by atoms with Gasteiger partial charge in [0.15, 0.2) is 0 Å². The minimum atomic E-state index is 0. The smallest absolute Gasteiger partial charge is 0.0504 e. The van der Waals surface area contributed by atoms with Gasteiger partial charge in [0.25, 0.3) is 0 Å². The Morgan fingerprint density at radius 1 is 1.73 bits per heavy atom. The van der Waals surface area contributed by atoms with E-state index in [1.165, 1.54) is 11.1 Å². The van der Waals surface area contributed by atoms with Crippen LogP contribution in [0.1, 0.15) is 11.2 Å². The maximum absolute atomic E-state index is 6.81. The van der Waals surface area contributed by atoms with E-state index >= 15 is 0 Å². The Hall–Kier alpha value is -1.09. The fourth-order valence-electron chi connectivity index (χ4n) is 0.762. The van der Waals surface area contributed by atoms with Crippen LogP contribution in [0.2, 0.25) is 0 Å². The second kappa shape index (κ2) is 3.34. The lowest BCUT2D eigenvalue weighted by molar-refractivity contribution is 1.56. The van der Waals surface area contributed by atoms with Gasteiger partial charge in [0, 0.05) is 12.5 Å². The summed E-state index contributed by atoms with van der Waals surface area (Å²) in [6.07, 6.45) is 2.79. The molecule has 11 heavy (non-hydrogen) atoms. The van der Waals surface area contributed by atoms with Crippen molar-refractivity contribution in [1.29, 1.82) is 5.41 Å². The highest BCUT2D eigenvalue weighted by atomic mass is 32.1. The van der Waals surface area contributed by atoms with Crippen LogP contribution in [0.3, 0.4) is 0 Å². The molecule has 0 amide bonds. The zero-order valence-corrected chi connectivity index (χ0v) is 7.11. The van der Waals surface area contributed by atoms with Crippen LogP contribution in [-0.4, -0.2) is 6.21 Å². The number of allylic oxidation sites excluding steroid dienone is 1. The van der Waals surface area contributed by atoms with Gasteiger partial charge in [0.1, 0.15) is 0 Å². The molecule has 0 aromatic carbocycles. The Morgan fingerprint density at radius 3 is 2.91 bits per heavy atom. The topological polar surface area (TPSA) is 49.9 Å². The standard InChI is InChI=1S/C8H10N2S.H2/c1-6-2-3-8(11-6)7(10)4-5-9;/h2-5,9H,10H2,1H3;1H/b7-4-,9-5?;. The zero-order valence-electron chi connectivity index (χ0n) is 6.29. The van der Waals surface area contributed by atoms with Gasteiger partial charge in [-0.25, -0.2) is 0 Å². The van der Waals surface area contributed by atoms with Crippen LogP contribution in [0, 0.1) is 12.3 Å². The van der Waals surface area contributed by atoms with Gasteiger partial charge in [-0.3, -0.25) is 0 Å². The van der Waals surface area contributed by atoms with E-state index in [1.54, 1.807) is 17.4 Å². The van der Waals surface area contributed by atoms with Gasteiger partial charge in [-0.2, -0.15) is 0 Å². The second-order valence-corrected chi connectivity index (χ2v) is 3.49. The summed E-state index contributed by atoms with van der Waals surface area (Å²) in [5, 5.41) is 6.81. The average Bonchev–Trinajstić information content (AvgIpc) is 2.36. The third-order valence-corrected chi connectivity index (χ3v) is 2.34. The fourth-order valence-corrected chi connectivity index (χ4v) is 1.57. The fraction of sp³-hybridized carbons (Fsp3) is 0.125. The molecule has 3 heteroatoms. The number of hydrogen-bond donors (Lipinski definition) is 2. The van der Waals surface area contributed by atoms with Crippen LogP contribution < -0.4 is 5.73 Å². The Morgan fingerprint density at radius 2 is 2.45 bits per heavy atom. The number of hydrogen-bond acceptors (Lipinski definition) is 3. The quantitative estimate of drug-likeness (QED) is 0.654. The zero-order chi connectivity index (χ0) is 8.27. The first kappa shape index (κ1) is 8.01. The maximum Gasteiger partial charge on any atom is 0.0504 e. The molecule has 0 bridgehead atoms. The van der Waals surface area contributed by atoms with E-state index < -0.39 is 0 Å². The molecule has 1 aromatic rings. The van der Waals surface area contributed by atoms with Crippen molar-refractivity contribution in [1.82, 2.24) is 0 Å². The molecule has 1 aromatic heterocycles. The Balaban J connectivity index is 0.00000121. The highest BCUT2D eigenvalue weighted by molar-refractivity contribution is 7.13. The van der Waals surface area contributed by atoms with E-state index in [1.807, 2.05) is 19.1 Å². The molecule has 3 N–H and O–H groups in total. The van der Waals surface area contributed by atoms with E-state index in [2.05, 4.69) is 0 Å². The molecule has 0 unspecified atom stereocenters.